The molecule has 1 N–H and O–H groups in total. The molecule has 0 aliphatic rings. The zero-order valence-corrected chi connectivity index (χ0v) is 9.92. The first kappa shape index (κ1) is 11.2. The van der Waals surface area contributed by atoms with Crippen LogP contribution in [0, 0.1) is 0 Å². The van der Waals surface area contributed by atoms with E-state index in [0.29, 0.717) is 22.9 Å². The van der Waals surface area contributed by atoms with Crippen LogP contribution >= 0.6 is 23.4 Å². The molecular formula is C8H8ClN5OS. The van der Waals surface area contributed by atoms with Gasteiger partial charge in [0.15, 0.2) is 0 Å². The van der Waals surface area contributed by atoms with Crippen molar-refractivity contribution in [2.75, 3.05) is 11.9 Å². The molecule has 84 valence electrons. The number of oxazole rings is 1. The van der Waals surface area contributed by atoms with Crippen molar-refractivity contribution in [1.82, 2.24) is 19.9 Å². The largest absolute Gasteiger partial charge is 0.440 e. The lowest BCUT2D eigenvalue weighted by molar-refractivity contribution is 0.453. The van der Waals surface area contributed by atoms with E-state index in [2.05, 4.69) is 25.3 Å². The predicted molar refractivity (Wildman–Crippen MR) is 59.6 cm³/mol. The van der Waals surface area contributed by atoms with Gasteiger partial charge < -0.3 is 9.73 Å². The van der Waals surface area contributed by atoms with Gasteiger partial charge in [0, 0.05) is 18.3 Å². The number of hydrogen-bond acceptors (Lipinski definition) is 7. The Kier molecular flexibility index (Phi) is 3.58. The Balaban J connectivity index is 2.20. The first-order chi connectivity index (χ1) is 7.78. The highest BCUT2D eigenvalue weighted by atomic mass is 35.5. The molecule has 0 aromatic carbocycles. The smallest absolute Gasteiger partial charge is 0.263 e. The second kappa shape index (κ2) is 5.13. The monoisotopic (exact) mass is 257 g/mol. The van der Waals surface area contributed by atoms with Crippen molar-refractivity contribution in [2.45, 2.75) is 17.3 Å². The maximum absolute atomic E-state index is 5.76. The maximum atomic E-state index is 5.76. The molecule has 0 saturated carbocycles. The molecule has 2 aromatic heterocycles. The normalized spacial score (nSPS) is 10.4. The van der Waals surface area contributed by atoms with Crippen molar-refractivity contribution in [2.24, 2.45) is 0 Å². The Morgan fingerprint density at radius 1 is 1.44 bits per heavy atom. The fraction of sp³-hybridized carbons (Fsp3) is 0.250. The van der Waals surface area contributed by atoms with E-state index in [-0.39, 0.29) is 5.28 Å². The summed E-state index contributed by atoms with van der Waals surface area (Å²) in [5, 5.41) is 4.00. The van der Waals surface area contributed by atoms with Crippen LogP contribution in [0.1, 0.15) is 6.92 Å². The first-order valence-corrected chi connectivity index (χ1v) is 5.70. The van der Waals surface area contributed by atoms with Gasteiger partial charge in [0.25, 0.3) is 5.22 Å². The Morgan fingerprint density at radius 3 is 3.00 bits per heavy atom. The highest BCUT2D eigenvalue weighted by molar-refractivity contribution is 7.98. The number of hydrogen-bond donors (Lipinski definition) is 1. The van der Waals surface area contributed by atoms with E-state index in [0.717, 1.165) is 0 Å². The van der Waals surface area contributed by atoms with Gasteiger partial charge in [0.05, 0.1) is 6.20 Å². The molecule has 0 amide bonds. The van der Waals surface area contributed by atoms with E-state index in [4.69, 9.17) is 16.0 Å². The molecule has 2 aromatic rings. The summed E-state index contributed by atoms with van der Waals surface area (Å²) in [5.41, 5.74) is 0. The van der Waals surface area contributed by atoms with Gasteiger partial charge in [-0.2, -0.15) is 15.0 Å². The standard InChI is InChI=1S/C8H8ClN5OS/c1-2-10-6-12-5(9)13-7(14-6)16-8-11-3-4-15-8/h3-4H,2H2,1H3,(H,10,12,13,14). The molecule has 0 aliphatic carbocycles. The van der Waals surface area contributed by atoms with E-state index < -0.39 is 0 Å². The summed E-state index contributed by atoms with van der Waals surface area (Å²) in [5.74, 6) is 0.441. The maximum Gasteiger partial charge on any atom is 0.263 e. The van der Waals surface area contributed by atoms with E-state index in [1.165, 1.54) is 18.0 Å². The third-order valence-electron chi connectivity index (χ3n) is 1.51. The van der Waals surface area contributed by atoms with Gasteiger partial charge in [-0.05, 0) is 18.5 Å². The van der Waals surface area contributed by atoms with Crippen LogP contribution in [0.25, 0.3) is 0 Å². The number of rotatable bonds is 4. The summed E-state index contributed by atoms with van der Waals surface area (Å²) in [6, 6.07) is 0. The van der Waals surface area contributed by atoms with Crippen LogP contribution in [0.15, 0.2) is 27.3 Å². The minimum absolute atomic E-state index is 0.139. The molecule has 2 heterocycles. The summed E-state index contributed by atoms with van der Waals surface area (Å²) < 4.78 is 5.07. The fourth-order valence-electron chi connectivity index (χ4n) is 0.954. The molecule has 8 heteroatoms. The first-order valence-electron chi connectivity index (χ1n) is 4.50. The molecule has 6 nitrogen and oxygen atoms in total. The van der Waals surface area contributed by atoms with Gasteiger partial charge in [-0.3, -0.25) is 0 Å². The highest BCUT2D eigenvalue weighted by Crippen LogP contribution is 2.23. The van der Waals surface area contributed by atoms with Crippen LogP contribution in [0.3, 0.4) is 0 Å². The molecule has 16 heavy (non-hydrogen) atoms. The summed E-state index contributed by atoms with van der Waals surface area (Å²) in [6.07, 6.45) is 3.03. The van der Waals surface area contributed by atoms with Crippen molar-refractivity contribution < 1.29 is 4.42 Å². The second-order valence-electron chi connectivity index (χ2n) is 2.64. The number of aromatic nitrogens is 4. The summed E-state index contributed by atoms with van der Waals surface area (Å²) in [6.45, 7) is 2.65. The second-order valence-corrected chi connectivity index (χ2v) is 3.90. The molecular weight excluding hydrogens is 250 g/mol. The lowest BCUT2D eigenvalue weighted by Crippen LogP contribution is -2.04. The summed E-state index contributed by atoms with van der Waals surface area (Å²) in [4.78, 5) is 16.0. The van der Waals surface area contributed by atoms with Crippen LogP contribution in [-0.2, 0) is 0 Å². The van der Waals surface area contributed by atoms with E-state index in [9.17, 15) is 0 Å². The predicted octanol–water partition coefficient (Wildman–Crippen LogP) is 2.10. The Hall–Kier alpha value is -1.34. The van der Waals surface area contributed by atoms with Crippen molar-refractivity contribution in [3.8, 4) is 0 Å². The summed E-state index contributed by atoms with van der Waals surface area (Å²) >= 11 is 6.94. The average molecular weight is 258 g/mol. The molecule has 0 bridgehead atoms. The Labute approximate surface area is 101 Å². The molecule has 0 atom stereocenters. The van der Waals surface area contributed by atoms with E-state index >= 15 is 0 Å². The summed E-state index contributed by atoms with van der Waals surface area (Å²) in [7, 11) is 0. The Morgan fingerprint density at radius 2 is 2.31 bits per heavy atom. The van der Waals surface area contributed by atoms with E-state index in [1.54, 1.807) is 6.20 Å². The Bertz CT molecular complexity index is 463. The minimum Gasteiger partial charge on any atom is -0.440 e. The zero-order valence-electron chi connectivity index (χ0n) is 8.35. The zero-order chi connectivity index (χ0) is 11.4. The van der Waals surface area contributed by atoms with E-state index in [1.807, 2.05) is 6.92 Å². The molecule has 0 unspecified atom stereocenters. The van der Waals surface area contributed by atoms with Crippen LogP contribution in [0.5, 0.6) is 0 Å². The van der Waals surface area contributed by atoms with Gasteiger partial charge >= 0.3 is 0 Å². The molecule has 0 radical (unpaired) electrons. The average Bonchev–Trinajstić information content (AvgIpc) is 2.70. The van der Waals surface area contributed by atoms with Gasteiger partial charge in [-0.15, -0.1) is 0 Å². The molecule has 0 spiro atoms. The van der Waals surface area contributed by atoms with Crippen molar-refractivity contribution in [3.05, 3.63) is 17.7 Å². The molecule has 0 fully saturated rings. The van der Waals surface area contributed by atoms with Crippen LogP contribution in [-0.4, -0.2) is 26.5 Å². The lowest BCUT2D eigenvalue weighted by atomic mass is 10.7. The van der Waals surface area contributed by atoms with Crippen molar-refractivity contribution in [1.29, 1.82) is 0 Å². The molecule has 0 saturated heterocycles. The number of anilines is 1. The minimum atomic E-state index is 0.139. The number of nitrogens with zero attached hydrogens (tertiary/aromatic N) is 4. The lowest BCUT2D eigenvalue weighted by Gasteiger charge is -2.02. The van der Waals surface area contributed by atoms with Gasteiger partial charge in [0.2, 0.25) is 16.4 Å². The van der Waals surface area contributed by atoms with Crippen molar-refractivity contribution in [3.63, 3.8) is 0 Å². The quantitative estimate of drug-likeness (QED) is 0.899. The highest BCUT2D eigenvalue weighted by Gasteiger charge is 2.08. The van der Waals surface area contributed by atoms with Crippen LogP contribution in [0.4, 0.5) is 5.95 Å². The fourth-order valence-corrected chi connectivity index (χ4v) is 1.80. The van der Waals surface area contributed by atoms with Crippen molar-refractivity contribution >= 4 is 29.3 Å². The van der Waals surface area contributed by atoms with Crippen LogP contribution in [0.2, 0.25) is 5.28 Å². The molecule has 0 aliphatic heterocycles. The number of halogens is 1. The third-order valence-corrected chi connectivity index (χ3v) is 2.42. The third kappa shape index (κ3) is 2.83. The SMILES string of the molecule is CCNc1nc(Cl)nc(Sc2ncco2)n1. The van der Waals surface area contributed by atoms with Gasteiger partial charge in [-0.1, -0.05) is 0 Å². The number of nitrogens with one attached hydrogen (secondary N) is 1. The van der Waals surface area contributed by atoms with Gasteiger partial charge in [0.1, 0.15) is 6.26 Å². The molecule has 2 rings (SSSR count). The topological polar surface area (TPSA) is 76.7 Å². The van der Waals surface area contributed by atoms with Crippen LogP contribution < -0.4 is 5.32 Å². The van der Waals surface area contributed by atoms with Gasteiger partial charge in [-0.25, -0.2) is 4.98 Å².